The molecule has 6 heteroatoms. The first kappa shape index (κ1) is 18.0. The summed E-state index contributed by atoms with van der Waals surface area (Å²) in [7, 11) is 0. The molecule has 0 bridgehead atoms. The minimum Gasteiger partial charge on any atom is -0.444 e. The van der Waals surface area contributed by atoms with Crippen LogP contribution in [0.2, 0.25) is 0 Å². The van der Waals surface area contributed by atoms with Gasteiger partial charge in [0.15, 0.2) is 0 Å². The predicted molar refractivity (Wildman–Crippen MR) is 81.4 cm³/mol. The molecule has 1 rings (SSSR count). The number of rotatable bonds is 4. The van der Waals surface area contributed by atoms with Gasteiger partial charge in [-0.15, -0.1) is 0 Å². The van der Waals surface area contributed by atoms with Crippen LogP contribution in [0, 0.1) is 0 Å². The van der Waals surface area contributed by atoms with Gasteiger partial charge in [0, 0.05) is 0 Å². The third kappa shape index (κ3) is 5.73. The Morgan fingerprint density at radius 2 is 1.64 bits per heavy atom. The Hall–Kier alpha value is -2.08. The summed E-state index contributed by atoms with van der Waals surface area (Å²) in [4.78, 5) is 23.9. The smallest absolute Gasteiger partial charge is 0.408 e. The minimum absolute atomic E-state index is 0.0834. The second kappa shape index (κ2) is 6.79. The van der Waals surface area contributed by atoms with E-state index in [0.717, 1.165) is 0 Å². The van der Waals surface area contributed by atoms with Crippen LogP contribution in [0.5, 0.6) is 5.75 Å². The Morgan fingerprint density at radius 3 is 2.09 bits per heavy atom. The Kier molecular flexibility index (Phi) is 5.54. The van der Waals surface area contributed by atoms with Crippen molar-refractivity contribution in [2.24, 2.45) is 0 Å². The zero-order valence-corrected chi connectivity index (χ0v) is 13.6. The SMILES string of the molecule is CC(C)(C)OC(=O)NC(C)(C)C(=O)Oc1ccc(CO)cc1. The van der Waals surface area contributed by atoms with Gasteiger partial charge in [0.05, 0.1) is 6.61 Å². The molecule has 0 unspecified atom stereocenters. The summed E-state index contributed by atoms with van der Waals surface area (Å²) in [6, 6.07) is 6.45. The fourth-order valence-corrected chi connectivity index (χ4v) is 1.51. The maximum atomic E-state index is 12.1. The molecule has 0 aromatic heterocycles. The van der Waals surface area contributed by atoms with Crippen LogP contribution in [-0.2, 0) is 16.1 Å². The molecule has 6 nitrogen and oxygen atoms in total. The van der Waals surface area contributed by atoms with Gasteiger partial charge in [-0.05, 0) is 52.3 Å². The van der Waals surface area contributed by atoms with Gasteiger partial charge in [0.25, 0.3) is 0 Å². The molecule has 22 heavy (non-hydrogen) atoms. The number of hydrogen-bond donors (Lipinski definition) is 2. The first-order valence-electron chi connectivity index (χ1n) is 6.97. The van der Waals surface area contributed by atoms with E-state index in [2.05, 4.69) is 5.32 Å². The van der Waals surface area contributed by atoms with E-state index in [1.54, 1.807) is 45.0 Å². The molecule has 0 saturated heterocycles. The summed E-state index contributed by atoms with van der Waals surface area (Å²) in [5.74, 6) is -0.281. The van der Waals surface area contributed by atoms with Crippen LogP contribution in [0.1, 0.15) is 40.2 Å². The van der Waals surface area contributed by atoms with Gasteiger partial charge in [0.2, 0.25) is 0 Å². The van der Waals surface area contributed by atoms with Crippen LogP contribution in [0.4, 0.5) is 4.79 Å². The molecule has 0 radical (unpaired) electrons. The second-order valence-corrected chi connectivity index (χ2v) is 6.44. The van der Waals surface area contributed by atoms with E-state index in [-0.39, 0.29) is 6.61 Å². The van der Waals surface area contributed by atoms with E-state index in [0.29, 0.717) is 11.3 Å². The Bertz CT molecular complexity index is 528. The first-order chi connectivity index (χ1) is 10.0. The van der Waals surface area contributed by atoms with Crippen molar-refractivity contribution in [1.29, 1.82) is 0 Å². The number of carbonyl (C=O) groups is 2. The Morgan fingerprint density at radius 1 is 1.09 bits per heavy atom. The summed E-state index contributed by atoms with van der Waals surface area (Å²) < 4.78 is 10.3. The van der Waals surface area contributed by atoms with Gasteiger partial charge in [-0.3, -0.25) is 0 Å². The second-order valence-electron chi connectivity index (χ2n) is 6.44. The van der Waals surface area contributed by atoms with Gasteiger partial charge in [-0.2, -0.15) is 0 Å². The van der Waals surface area contributed by atoms with Crippen LogP contribution in [0.25, 0.3) is 0 Å². The lowest BCUT2D eigenvalue weighted by Crippen LogP contribution is -2.52. The number of esters is 1. The fraction of sp³-hybridized carbons (Fsp3) is 0.500. The van der Waals surface area contributed by atoms with Gasteiger partial charge in [-0.1, -0.05) is 12.1 Å². The lowest BCUT2D eigenvalue weighted by molar-refractivity contribution is -0.140. The summed E-state index contributed by atoms with van der Waals surface area (Å²) in [6.07, 6.45) is -0.690. The molecule has 1 amide bonds. The lowest BCUT2D eigenvalue weighted by Gasteiger charge is -2.26. The van der Waals surface area contributed by atoms with Crippen molar-refractivity contribution in [2.75, 3.05) is 0 Å². The van der Waals surface area contributed by atoms with Gasteiger partial charge < -0.3 is 19.9 Å². The monoisotopic (exact) mass is 309 g/mol. The molecule has 0 heterocycles. The molecule has 0 fully saturated rings. The Labute approximate surface area is 130 Å². The molecule has 1 aromatic rings. The highest BCUT2D eigenvalue weighted by Gasteiger charge is 2.33. The maximum absolute atomic E-state index is 12.1. The average Bonchev–Trinajstić information content (AvgIpc) is 2.36. The van der Waals surface area contributed by atoms with E-state index >= 15 is 0 Å². The molecule has 0 spiro atoms. The molecular formula is C16H23NO5. The summed E-state index contributed by atoms with van der Waals surface area (Å²) in [5, 5.41) is 11.4. The minimum atomic E-state index is -1.24. The molecule has 0 aliphatic carbocycles. The number of carbonyl (C=O) groups excluding carboxylic acids is 2. The van der Waals surface area contributed by atoms with Crippen molar-refractivity contribution in [1.82, 2.24) is 5.32 Å². The fourth-order valence-electron chi connectivity index (χ4n) is 1.51. The van der Waals surface area contributed by atoms with E-state index in [1.807, 2.05) is 0 Å². The zero-order chi connectivity index (χ0) is 17.0. The van der Waals surface area contributed by atoms with Gasteiger partial charge >= 0.3 is 12.1 Å². The number of alkyl carbamates (subject to hydrolysis) is 1. The highest BCUT2D eigenvalue weighted by molar-refractivity contribution is 5.86. The van der Waals surface area contributed by atoms with Crippen molar-refractivity contribution >= 4 is 12.1 Å². The standard InChI is InChI=1S/C16H23NO5/c1-15(2,3)22-14(20)17-16(4,5)13(19)21-12-8-6-11(10-18)7-9-12/h6-9,18H,10H2,1-5H3,(H,17,20). The molecule has 122 valence electrons. The number of amides is 1. The first-order valence-corrected chi connectivity index (χ1v) is 6.97. The average molecular weight is 309 g/mol. The quantitative estimate of drug-likeness (QED) is 0.659. The summed E-state index contributed by atoms with van der Waals surface area (Å²) in [6.45, 7) is 8.18. The molecule has 0 atom stereocenters. The number of nitrogens with one attached hydrogen (secondary N) is 1. The maximum Gasteiger partial charge on any atom is 0.408 e. The number of aliphatic hydroxyl groups excluding tert-OH is 1. The van der Waals surface area contributed by atoms with Crippen LogP contribution in [0.3, 0.4) is 0 Å². The number of benzene rings is 1. The third-order valence-electron chi connectivity index (χ3n) is 2.64. The molecule has 0 aliphatic heterocycles. The van der Waals surface area contributed by atoms with Gasteiger partial charge in [0.1, 0.15) is 16.9 Å². The van der Waals surface area contributed by atoms with Crippen molar-refractivity contribution in [3.8, 4) is 5.75 Å². The number of aliphatic hydroxyl groups is 1. The van der Waals surface area contributed by atoms with E-state index in [4.69, 9.17) is 14.6 Å². The predicted octanol–water partition coefficient (Wildman–Crippen LogP) is 2.39. The van der Waals surface area contributed by atoms with E-state index in [9.17, 15) is 9.59 Å². The highest BCUT2D eigenvalue weighted by atomic mass is 16.6. The summed E-state index contributed by atoms with van der Waals surface area (Å²) >= 11 is 0. The van der Waals surface area contributed by atoms with Crippen molar-refractivity contribution in [2.45, 2.75) is 52.4 Å². The lowest BCUT2D eigenvalue weighted by atomic mass is 10.1. The van der Waals surface area contributed by atoms with Crippen molar-refractivity contribution in [3.63, 3.8) is 0 Å². The Balaban J connectivity index is 2.67. The number of ether oxygens (including phenoxy) is 2. The largest absolute Gasteiger partial charge is 0.444 e. The zero-order valence-electron chi connectivity index (χ0n) is 13.6. The normalized spacial score (nSPS) is 11.7. The molecule has 1 aromatic carbocycles. The number of hydrogen-bond acceptors (Lipinski definition) is 5. The topological polar surface area (TPSA) is 84.9 Å². The summed E-state index contributed by atoms with van der Waals surface area (Å²) in [5.41, 5.74) is -1.17. The molecular weight excluding hydrogens is 286 g/mol. The van der Waals surface area contributed by atoms with Crippen LogP contribution in [-0.4, -0.2) is 28.3 Å². The van der Waals surface area contributed by atoms with Gasteiger partial charge in [-0.25, -0.2) is 9.59 Å². The van der Waals surface area contributed by atoms with E-state index < -0.39 is 23.2 Å². The van der Waals surface area contributed by atoms with E-state index in [1.165, 1.54) is 13.8 Å². The van der Waals surface area contributed by atoms with Crippen LogP contribution < -0.4 is 10.1 Å². The molecule has 0 saturated carbocycles. The molecule has 2 N–H and O–H groups in total. The third-order valence-corrected chi connectivity index (χ3v) is 2.64. The molecule has 0 aliphatic rings. The van der Waals surface area contributed by atoms with Crippen molar-refractivity contribution in [3.05, 3.63) is 29.8 Å². The van der Waals surface area contributed by atoms with Crippen LogP contribution >= 0.6 is 0 Å². The highest BCUT2D eigenvalue weighted by Crippen LogP contribution is 2.16. The van der Waals surface area contributed by atoms with Crippen LogP contribution in [0.15, 0.2) is 24.3 Å². The van der Waals surface area contributed by atoms with Crippen molar-refractivity contribution < 1.29 is 24.2 Å².